The van der Waals surface area contributed by atoms with E-state index in [0.29, 0.717) is 16.0 Å². The molecule has 3 aromatic carbocycles. The number of hydrazone groups is 1. The van der Waals surface area contributed by atoms with Gasteiger partial charge in [0.05, 0.1) is 5.69 Å². The third kappa shape index (κ3) is 4.73. The van der Waals surface area contributed by atoms with E-state index in [4.69, 9.17) is 0 Å². The molecule has 31 heavy (non-hydrogen) atoms. The van der Waals surface area contributed by atoms with Crippen LogP contribution in [0.5, 0.6) is 0 Å². The predicted molar refractivity (Wildman–Crippen MR) is 126 cm³/mol. The Morgan fingerprint density at radius 3 is 2.23 bits per heavy atom. The van der Waals surface area contributed by atoms with Crippen LogP contribution in [0.1, 0.15) is 12.5 Å². The van der Waals surface area contributed by atoms with Crippen LogP contribution in [-0.4, -0.2) is 25.6 Å². The molecule has 154 valence electrons. The lowest BCUT2D eigenvalue weighted by molar-refractivity contribution is -0.110. The van der Waals surface area contributed by atoms with Crippen molar-refractivity contribution in [3.05, 3.63) is 90.5 Å². The number of nitrogens with one attached hydrogen (secondary N) is 1. The van der Waals surface area contributed by atoms with Gasteiger partial charge in [0.2, 0.25) is 5.16 Å². The molecule has 1 heterocycles. The van der Waals surface area contributed by atoms with Crippen LogP contribution < -0.4 is 5.43 Å². The van der Waals surface area contributed by atoms with Crippen LogP contribution in [0.4, 0.5) is 5.69 Å². The highest BCUT2D eigenvalue weighted by Crippen LogP contribution is 2.29. The molecule has 6 nitrogen and oxygen atoms in total. The number of aryl methyl sites for hydroxylation is 1. The first-order chi connectivity index (χ1) is 15.1. The Kier molecular flexibility index (Phi) is 6.24. The second-order valence-corrected chi connectivity index (χ2v) is 7.80. The minimum Gasteiger partial charge on any atom is -0.292 e. The van der Waals surface area contributed by atoms with E-state index in [1.807, 2.05) is 96.4 Å². The number of hydrogen-bond acceptors (Lipinski definition) is 6. The summed E-state index contributed by atoms with van der Waals surface area (Å²) in [5.74, 6) is 0.541. The molecule has 0 aliphatic carbocycles. The quantitative estimate of drug-likeness (QED) is 0.194. The van der Waals surface area contributed by atoms with Gasteiger partial charge in [0, 0.05) is 18.2 Å². The number of aromatic nitrogens is 3. The fourth-order valence-electron chi connectivity index (χ4n) is 2.99. The number of rotatable bonds is 6. The summed E-state index contributed by atoms with van der Waals surface area (Å²) < 4.78 is 1.94. The molecule has 0 aliphatic rings. The lowest BCUT2D eigenvalue weighted by atomic mass is 10.2. The number of benzene rings is 3. The first kappa shape index (κ1) is 20.6. The molecule has 7 heteroatoms. The molecule has 0 bridgehead atoms. The summed E-state index contributed by atoms with van der Waals surface area (Å²) in [6.07, 6.45) is 0. The third-order valence-electron chi connectivity index (χ3n) is 4.59. The highest BCUT2D eigenvalue weighted by atomic mass is 32.2. The molecule has 0 saturated carbocycles. The Morgan fingerprint density at radius 1 is 0.903 bits per heavy atom. The molecular weight excluding hydrogens is 406 g/mol. The molecule has 0 amide bonds. The highest BCUT2D eigenvalue weighted by Gasteiger charge is 2.20. The minimum atomic E-state index is -0.157. The Bertz CT molecular complexity index is 1220. The number of hydrogen-bond donors (Lipinski definition) is 1. The third-order valence-corrected chi connectivity index (χ3v) is 5.61. The fraction of sp³-hybridized carbons (Fsp3) is 0.0833. The normalized spacial score (nSPS) is 11.4. The zero-order valence-corrected chi connectivity index (χ0v) is 18.0. The molecule has 0 saturated heterocycles. The van der Waals surface area contributed by atoms with Gasteiger partial charge in [0.1, 0.15) is 0 Å². The summed E-state index contributed by atoms with van der Waals surface area (Å²) in [5, 5.41) is 14.0. The molecule has 4 rings (SSSR count). The van der Waals surface area contributed by atoms with Crippen LogP contribution in [-0.2, 0) is 4.79 Å². The van der Waals surface area contributed by atoms with Crippen molar-refractivity contribution in [1.29, 1.82) is 0 Å². The Balaban J connectivity index is 1.73. The van der Waals surface area contributed by atoms with Gasteiger partial charge < -0.3 is 0 Å². The van der Waals surface area contributed by atoms with E-state index in [1.165, 1.54) is 18.7 Å². The summed E-state index contributed by atoms with van der Waals surface area (Å²) in [7, 11) is 0. The predicted octanol–water partition coefficient (Wildman–Crippen LogP) is 5.35. The van der Waals surface area contributed by atoms with Crippen molar-refractivity contribution in [2.45, 2.75) is 19.0 Å². The van der Waals surface area contributed by atoms with E-state index in [1.54, 1.807) is 0 Å². The van der Waals surface area contributed by atoms with Crippen molar-refractivity contribution in [2.24, 2.45) is 5.10 Å². The zero-order chi connectivity index (χ0) is 21.6. The van der Waals surface area contributed by atoms with Crippen LogP contribution in [0.15, 0.2) is 95.2 Å². The van der Waals surface area contributed by atoms with Gasteiger partial charge in [-0.2, -0.15) is 5.10 Å². The molecule has 0 atom stereocenters. The number of para-hydroxylation sites is 2. The Morgan fingerprint density at radius 2 is 1.55 bits per heavy atom. The SMILES string of the molecule is CC(=O)C(=NNc1ccccc1C)Sc1nnc(-c2ccccc2)n1-c1ccccc1. The molecule has 1 N–H and O–H groups in total. The van der Waals surface area contributed by atoms with Crippen molar-refractivity contribution < 1.29 is 4.79 Å². The first-order valence-electron chi connectivity index (χ1n) is 9.78. The first-order valence-corrected chi connectivity index (χ1v) is 10.6. The number of carbonyl (C=O) groups excluding carboxylic acids is 1. The Labute approximate surface area is 185 Å². The van der Waals surface area contributed by atoms with E-state index in [-0.39, 0.29) is 5.78 Å². The molecule has 0 aliphatic heterocycles. The number of ketones is 1. The molecule has 0 radical (unpaired) electrons. The number of Topliss-reactive ketones (excluding diaryl/α,β-unsaturated/α-hetero) is 1. The van der Waals surface area contributed by atoms with E-state index >= 15 is 0 Å². The fourth-order valence-corrected chi connectivity index (χ4v) is 3.76. The van der Waals surface area contributed by atoms with Crippen molar-refractivity contribution in [3.63, 3.8) is 0 Å². The van der Waals surface area contributed by atoms with Crippen molar-refractivity contribution in [1.82, 2.24) is 14.8 Å². The van der Waals surface area contributed by atoms with Gasteiger partial charge in [-0.25, -0.2) is 0 Å². The summed E-state index contributed by atoms with van der Waals surface area (Å²) in [6.45, 7) is 3.48. The smallest absolute Gasteiger partial charge is 0.202 e. The second-order valence-electron chi connectivity index (χ2n) is 6.85. The lowest BCUT2D eigenvalue weighted by Crippen LogP contribution is -2.10. The molecular formula is C24H21N5OS. The standard InChI is InChI=1S/C24H21N5OS/c1-17-11-9-10-16-21(17)25-27-23(18(2)30)31-24-28-26-22(19-12-5-3-6-13-19)29(24)20-14-7-4-8-15-20/h3-16,25H,1-2H3. The number of nitrogens with zero attached hydrogens (tertiary/aromatic N) is 4. The molecule has 4 aromatic rings. The average molecular weight is 428 g/mol. The minimum absolute atomic E-state index is 0.157. The van der Waals surface area contributed by atoms with Crippen molar-refractivity contribution >= 4 is 28.3 Å². The zero-order valence-electron chi connectivity index (χ0n) is 17.2. The maximum atomic E-state index is 12.3. The number of thioether (sulfide) groups is 1. The van der Waals surface area contributed by atoms with Crippen LogP contribution in [0.25, 0.3) is 17.1 Å². The van der Waals surface area contributed by atoms with Crippen molar-refractivity contribution in [2.75, 3.05) is 5.43 Å². The number of carbonyl (C=O) groups is 1. The maximum Gasteiger partial charge on any atom is 0.202 e. The van der Waals surface area contributed by atoms with Gasteiger partial charge in [0.25, 0.3) is 0 Å². The van der Waals surface area contributed by atoms with E-state index in [9.17, 15) is 4.79 Å². The molecule has 1 aromatic heterocycles. The highest BCUT2D eigenvalue weighted by molar-refractivity contribution is 8.15. The molecule has 0 fully saturated rings. The van der Waals surface area contributed by atoms with Crippen LogP contribution in [0.3, 0.4) is 0 Å². The summed E-state index contributed by atoms with van der Waals surface area (Å²) in [4.78, 5) is 12.3. The van der Waals surface area contributed by atoms with Gasteiger partial charge >= 0.3 is 0 Å². The topological polar surface area (TPSA) is 72.2 Å². The largest absolute Gasteiger partial charge is 0.292 e. The van der Waals surface area contributed by atoms with Crippen LogP contribution in [0.2, 0.25) is 0 Å². The average Bonchev–Trinajstić information content (AvgIpc) is 3.22. The van der Waals surface area contributed by atoms with Gasteiger partial charge in [-0.05, 0) is 42.4 Å². The van der Waals surface area contributed by atoms with Crippen molar-refractivity contribution in [3.8, 4) is 17.1 Å². The van der Waals surface area contributed by atoms with Gasteiger partial charge in [-0.1, -0.05) is 66.7 Å². The second kappa shape index (κ2) is 9.40. The van der Waals surface area contributed by atoms with Crippen LogP contribution >= 0.6 is 11.8 Å². The number of anilines is 1. The van der Waals surface area contributed by atoms with Gasteiger partial charge in [0.15, 0.2) is 16.7 Å². The van der Waals surface area contributed by atoms with Crippen LogP contribution in [0, 0.1) is 6.92 Å². The Hall–Kier alpha value is -3.71. The summed E-state index contributed by atoms with van der Waals surface area (Å²) in [6, 6.07) is 27.5. The summed E-state index contributed by atoms with van der Waals surface area (Å²) in [5.41, 5.74) is 6.73. The molecule has 0 spiro atoms. The molecule has 0 unspecified atom stereocenters. The van der Waals surface area contributed by atoms with Gasteiger partial charge in [-0.15, -0.1) is 10.2 Å². The monoisotopic (exact) mass is 427 g/mol. The van der Waals surface area contributed by atoms with E-state index in [0.717, 1.165) is 22.5 Å². The lowest BCUT2D eigenvalue weighted by Gasteiger charge is -2.11. The van der Waals surface area contributed by atoms with Gasteiger partial charge in [-0.3, -0.25) is 14.8 Å². The van der Waals surface area contributed by atoms with E-state index < -0.39 is 0 Å². The summed E-state index contributed by atoms with van der Waals surface area (Å²) >= 11 is 1.19. The maximum absolute atomic E-state index is 12.3. The van der Waals surface area contributed by atoms with E-state index in [2.05, 4.69) is 20.7 Å².